The van der Waals surface area contributed by atoms with Crippen molar-refractivity contribution in [2.45, 2.75) is 11.8 Å². The zero-order valence-corrected chi connectivity index (χ0v) is 19.2. The van der Waals surface area contributed by atoms with Crippen LogP contribution < -0.4 is 5.32 Å². The number of anilines is 1. The second-order valence-electron chi connectivity index (χ2n) is 7.34. The van der Waals surface area contributed by atoms with Crippen molar-refractivity contribution in [1.29, 1.82) is 0 Å². The molecule has 1 aromatic heterocycles. The Hall–Kier alpha value is -2.92. The number of hydrogen-bond acceptors (Lipinski definition) is 7. The van der Waals surface area contributed by atoms with Crippen LogP contribution in [0.4, 0.5) is 5.69 Å². The molecule has 3 aromatic rings. The number of ether oxygens (including phenoxy) is 2. The summed E-state index contributed by atoms with van der Waals surface area (Å²) in [7, 11) is -3.63. The molecular formula is C22H21ClN2O7S. The summed E-state index contributed by atoms with van der Waals surface area (Å²) in [6.07, 6.45) is 0. The van der Waals surface area contributed by atoms with E-state index in [1.165, 1.54) is 28.6 Å². The van der Waals surface area contributed by atoms with Gasteiger partial charge in [0, 0.05) is 29.7 Å². The molecule has 11 heteroatoms. The highest BCUT2D eigenvalue weighted by Gasteiger charge is 2.26. The van der Waals surface area contributed by atoms with Gasteiger partial charge in [0.1, 0.15) is 0 Å². The number of carbonyl (C=O) groups excluding carboxylic acids is 2. The van der Waals surface area contributed by atoms with Gasteiger partial charge >= 0.3 is 5.97 Å². The maximum Gasteiger partial charge on any atom is 0.375 e. The van der Waals surface area contributed by atoms with Crippen molar-refractivity contribution in [3.63, 3.8) is 0 Å². The Balaban J connectivity index is 1.36. The van der Waals surface area contributed by atoms with Crippen LogP contribution in [-0.2, 0) is 24.3 Å². The summed E-state index contributed by atoms with van der Waals surface area (Å²) >= 11 is 6.09. The summed E-state index contributed by atoms with van der Waals surface area (Å²) in [5.74, 6) is -1.40. The van der Waals surface area contributed by atoms with Crippen molar-refractivity contribution in [2.24, 2.45) is 0 Å². The fourth-order valence-corrected chi connectivity index (χ4v) is 5.06. The van der Waals surface area contributed by atoms with Crippen molar-refractivity contribution in [2.75, 3.05) is 38.2 Å². The van der Waals surface area contributed by atoms with Crippen molar-refractivity contribution in [3.8, 4) is 0 Å². The van der Waals surface area contributed by atoms with Gasteiger partial charge < -0.3 is 19.2 Å². The lowest BCUT2D eigenvalue weighted by atomic mass is 10.1. The smallest absolute Gasteiger partial charge is 0.375 e. The molecule has 174 valence electrons. The predicted molar refractivity (Wildman–Crippen MR) is 121 cm³/mol. The average molecular weight is 493 g/mol. The summed E-state index contributed by atoms with van der Waals surface area (Å²) in [6.45, 7) is 2.45. The summed E-state index contributed by atoms with van der Waals surface area (Å²) in [6, 6.07) is 10.9. The number of rotatable bonds is 6. The van der Waals surface area contributed by atoms with E-state index in [9.17, 15) is 18.0 Å². The zero-order chi connectivity index (χ0) is 23.6. The molecule has 0 radical (unpaired) electrons. The lowest BCUT2D eigenvalue weighted by molar-refractivity contribution is -0.119. The number of nitrogens with one attached hydrogen (secondary N) is 1. The van der Waals surface area contributed by atoms with Gasteiger partial charge in [-0.1, -0.05) is 23.7 Å². The Morgan fingerprint density at radius 3 is 2.48 bits per heavy atom. The van der Waals surface area contributed by atoms with Gasteiger partial charge in [0.2, 0.25) is 15.8 Å². The molecule has 0 atom stereocenters. The third-order valence-corrected chi connectivity index (χ3v) is 7.39. The van der Waals surface area contributed by atoms with Crippen LogP contribution >= 0.6 is 11.6 Å². The maximum absolute atomic E-state index is 12.7. The number of amides is 1. The van der Waals surface area contributed by atoms with Crippen LogP contribution in [0.3, 0.4) is 0 Å². The highest BCUT2D eigenvalue weighted by atomic mass is 35.5. The molecule has 2 heterocycles. The first-order valence-electron chi connectivity index (χ1n) is 10.1. The van der Waals surface area contributed by atoms with Gasteiger partial charge in [0.15, 0.2) is 12.2 Å². The first-order valence-corrected chi connectivity index (χ1v) is 11.9. The Morgan fingerprint density at radius 2 is 1.82 bits per heavy atom. The fraction of sp³-hybridized carbons (Fsp3) is 0.273. The summed E-state index contributed by atoms with van der Waals surface area (Å²) in [5.41, 5.74) is 1.30. The molecule has 4 rings (SSSR count). The number of esters is 1. The Morgan fingerprint density at radius 1 is 1.12 bits per heavy atom. The highest BCUT2D eigenvalue weighted by Crippen LogP contribution is 2.31. The molecule has 1 N–H and O–H groups in total. The standard InChI is InChI=1S/C22H21ClN2O7S/c1-14-17-3-2-4-18(23)21(17)32-20(14)22(27)31-13-19(26)24-15-5-7-16(8-6-15)33(28,29)25-9-11-30-12-10-25/h2-8H,9-13H2,1H3,(H,24,26). The van der Waals surface area contributed by atoms with Gasteiger partial charge in [0.25, 0.3) is 5.91 Å². The number of benzene rings is 2. The normalized spacial score (nSPS) is 14.8. The molecule has 0 unspecified atom stereocenters. The molecule has 0 bridgehead atoms. The number of halogens is 1. The van der Waals surface area contributed by atoms with E-state index in [-0.39, 0.29) is 10.7 Å². The Labute approximate surface area is 195 Å². The SMILES string of the molecule is Cc1c(C(=O)OCC(=O)Nc2ccc(S(=O)(=O)N3CCOCC3)cc2)oc2c(Cl)cccc12. The topological polar surface area (TPSA) is 115 Å². The number of nitrogens with zero attached hydrogens (tertiary/aromatic N) is 1. The van der Waals surface area contributed by atoms with Gasteiger partial charge in [-0.15, -0.1) is 0 Å². The van der Waals surface area contributed by atoms with Crippen molar-refractivity contribution in [1.82, 2.24) is 4.31 Å². The number of sulfonamides is 1. The minimum atomic E-state index is -3.63. The third kappa shape index (κ3) is 4.88. The Kier molecular flexibility index (Phi) is 6.71. The van der Waals surface area contributed by atoms with E-state index in [2.05, 4.69) is 5.32 Å². The quantitative estimate of drug-likeness (QED) is 0.525. The molecule has 1 aliphatic rings. The maximum atomic E-state index is 12.7. The largest absolute Gasteiger partial charge is 0.450 e. The van der Waals surface area contributed by atoms with E-state index in [4.69, 9.17) is 25.5 Å². The van der Waals surface area contributed by atoms with Crippen LogP contribution in [0, 0.1) is 6.92 Å². The molecule has 33 heavy (non-hydrogen) atoms. The third-order valence-electron chi connectivity index (χ3n) is 5.18. The Bertz CT molecular complexity index is 1300. The van der Waals surface area contributed by atoms with E-state index in [1.54, 1.807) is 25.1 Å². The number of fused-ring (bicyclic) bond motifs is 1. The van der Waals surface area contributed by atoms with Crippen LogP contribution in [-0.4, -0.2) is 57.5 Å². The van der Waals surface area contributed by atoms with Crippen molar-refractivity contribution in [3.05, 3.63) is 58.8 Å². The second kappa shape index (κ2) is 9.52. The summed E-state index contributed by atoms with van der Waals surface area (Å²) in [4.78, 5) is 24.7. The van der Waals surface area contributed by atoms with E-state index < -0.39 is 28.5 Å². The molecule has 1 fully saturated rings. The molecule has 0 aliphatic carbocycles. The molecule has 1 saturated heterocycles. The van der Waals surface area contributed by atoms with Gasteiger partial charge in [-0.3, -0.25) is 4.79 Å². The predicted octanol–water partition coefficient (Wildman–Crippen LogP) is 3.21. The second-order valence-corrected chi connectivity index (χ2v) is 9.68. The highest BCUT2D eigenvalue weighted by molar-refractivity contribution is 7.89. The summed E-state index contributed by atoms with van der Waals surface area (Å²) < 4.78 is 42.5. The number of carbonyl (C=O) groups is 2. The monoisotopic (exact) mass is 492 g/mol. The van der Waals surface area contributed by atoms with Gasteiger partial charge in [-0.2, -0.15) is 4.31 Å². The number of para-hydroxylation sites is 1. The first-order chi connectivity index (χ1) is 15.8. The molecule has 1 aliphatic heterocycles. The minimum absolute atomic E-state index is 0.0245. The van der Waals surface area contributed by atoms with E-state index >= 15 is 0 Å². The number of aryl methyl sites for hydroxylation is 1. The molecule has 0 spiro atoms. The minimum Gasteiger partial charge on any atom is -0.450 e. The van der Waals surface area contributed by atoms with Crippen LogP contribution in [0.15, 0.2) is 51.8 Å². The lowest BCUT2D eigenvalue weighted by Gasteiger charge is -2.26. The fourth-order valence-electron chi connectivity index (χ4n) is 3.44. The first kappa shape index (κ1) is 23.2. The van der Waals surface area contributed by atoms with E-state index in [0.29, 0.717) is 53.5 Å². The van der Waals surface area contributed by atoms with Gasteiger partial charge in [-0.05, 0) is 37.3 Å². The number of hydrogen-bond donors (Lipinski definition) is 1. The van der Waals surface area contributed by atoms with Crippen LogP contribution in [0.2, 0.25) is 5.02 Å². The lowest BCUT2D eigenvalue weighted by Crippen LogP contribution is -2.40. The molecular weight excluding hydrogens is 472 g/mol. The zero-order valence-electron chi connectivity index (χ0n) is 17.7. The van der Waals surface area contributed by atoms with Crippen molar-refractivity contribution < 1.29 is 31.9 Å². The van der Waals surface area contributed by atoms with E-state index in [0.717, 1.165) is 0 Å². The summed E-state index contributed by atoms with van der Waals surface area (Å²) in [5, 5.41) is 3.61. The van der Waals surface area contributed by atoms with Crippen LogP contribution in [0.1, 0.15) is 16.1 Å². The van der Waals surface area contributed by atoms with Gasteiger partial charge in [0.05, 0.1) is 23.1 Å². The number of furan rings is 1. The average Bonchev–Trinajstić information content (AvgIpc) is 3.16. The van der Waals surface area contributed by atoms with Crippen molar-refractivity contribution >= 4 is 50.2 Å². The van der Waals surface area contributed by atoms with Crippen LogP contribution in [0.25, 0.3) is 11.0 Å². The van der Waals surface area contributed by atoms with E-state index in [1.807, 2.05) is 0 Å². The molecule has 9 nitrogen and oxygen atoms in total. The molecule has 2 aromatic carbocycles. The van der Waals surface area contributed by atoms with Gasteiger partial charge in [-0.25, -0.2) is 13.2 Å². The molecule has 1 amide bonds. The van der Waals surface area contributed by atoms with Crippen LogP contribution in [0.5, 0.6) is 0 Å². The number of morpholine rings is 1. The molecule has 0 saturated carbocycles.